The van der Waals surface area contributed by atoms with Crippen molar-refractivity contribution in [1.29, 1.82) is 0 Å². The van der Waals surface area contributed by atoms with E-state index in [1.807, 2.05) is 12.1 Å². The number of benzene rings is 1. The second kappa shape index (κ2) is 11.3. The monoisotopic (exact) mass is 398 g/mol. The fourth-order valence-electron chi connectivity index (χ4n) is 4.45. The highest BCUT2D eigenvalue weighted by Crippen LogP contribution is 2.25. The second-order valence-electron chi connectivity index (χ2n) is 8.48. The molecule has 1 saturated carbocycles. The minimum Gasteiger partial charge on any atom is -0.392 e. The molecule has 0 saturated heterocycles. The van der Waals surface area contributed by atoms with Crippen LogP contribution in [0.5, 0.6) is 0 Å². The number of aromatic nitrogens is 1. The van der Waals surface area contributed by atoms with Crippen molar-refractivity contribution >= 4 is 0 Å². The quantitative estimate of drug-likeness (QED) is 0.515. The maximum atomic E-state index is 13.6. The fraction of sp³-hybridized carbons (Fsp3) is 0.520. The SMILES string of the molecule is C=CCC[C@H](O)CN(Cc1cccn1Cc1cccc(F)c1)CC1CCCCC1. The van der Waals surface area contributed by atoms with E-state index in [2.05, 4.69) is 34.4 Å². The number of halogens is 1. The Bertz CT molecular complexity index is 751. The van der Waals surface area contributed by atoms with E-state index in [-0.39, 0.29) is 11.9 Å². The molecule has 0 bridgehead atoms. The Labute approximate surface area is 174 Å². The Morgan fingerprint density at radius 1 is 1.21 bits per heavy atom. The van der Waals surface area contributed by atoms with Gasteiger partial charge in [-0.25, -0.2) is 4.39 Å². The lowest BCUT2D eigenvalue weighted by Gasteiger charge is -2.31. The van der Waals surface area contributed by atoms with Crippen molar-refractivity contribution in [3.05, 3.63) is 72.3 Å². The third-order valence-corrected chi connectivity index (χ3v) is 5.97. The minimum absolute atomic E-state index is 0.194. The maximum absolute atomic E-state index is 13.6. The lowest BCUT2D eigenvalue weighted by Crippen LogP contribution is -2.36. The van der Waals surface area contributed by atoms with Crippen LogP contribution < -0.4 is 0 Å². The Kier molecular flexibility index (Phi) is 8.51. The standard InChI is InChI=1S/C25H35FN2O/c1-2-3-14-25(29)20-27(17-21-9-5-4-6-10-21)19-24-13-8-15-28(24)18-22-11-7-12-23(26)16-22/h2,7-8,11-13,15-16,21,25,29H,1,3-6,9-10,14,17-20H2/t25-/m0/s1. The van der Waals surface area contributed by atoms with Crippen molar-refractivity contribution in [3.63, 3.8) is 0 Å². The first-order valence-corrected chi connectivity index (χ1v) is 11.0. The smallest absolute Gasteiger partial charge is 0.123 e. The summed E-state index contributed by atoms with van der Waals surface area (Å²) in [6, 6.07) is 11.0. The van der Waals surface area contributed by atoms with Crippen molar-refractivity contribution in [2.24, 2.45) is 5.92 Å². The van der Waals surface area contributed by atoms with E-state index in [9.17, 15) is 9.50 Å². The number of aliphatic hydroxyl groups is 1. The van der Waals surface area contributed by atoms with Crippen LogP contribution in [0.1, 0.15) is 56.2 Å². The molecule has 1 aliphatic carbocycles. The molecule has 158 valence electrons. The molecule has 0 aliphatic heterocycles. The molecule has 1 N–H and O–H groups in total. The lowest BCUT2D eigenvalue weighted by atomic mass is 9.89. The van der Waals surface area contributed by atoms with Crippen LogP contribution in [0, 0.1) is 11.7 Å². The first-order chi connectivity index (χ1) is 14.1. The van der Waals surface area contributed by atoms with Gasteiger partial charge in [0.25, 0.3) is 0 Å². The number of hydrogen-bond acceptors (Lipinski definition) is 2. The number of hydrogen-bond donors (Lipinski definition) is 1. The molecule has 1 heterocycles. The van der Waals surface area contributed by atoms with Gasteiger partial charge in [0, 0.05) is 38.1 Å². The van der Waals surface area contributed by atoms with Crippen LogP contribution in [0.2, 0.25) is 0 Å². The molecular weight excluding hydrogens is 363 g/mol. The van der Waals surface area contributed by atoms with Crippen LogP contribution in [0.15, 0.2) is 55.3 Å². The van der Waals surface area contributed by atoms with E-state index in [0.717, 1.165) is 37.4 Å². The molecule has 3 nitrogen and oxygen atoms in total. The molecule has 1 fully saturated rings. The molecule has 2 aromatic rings. The van der Waals surface area contributed by atoms with E-state index >= 15 is 0 Å². The molecule has 0 radical (unpaired) electrons. The summed E-state index contributed by atoms with van der Waals surface area (Å²) < 4.78 is 15.8. The van der Waals surface area contributed by atoms with Crippen LogP contribution in [-0.4, -0.2) is 33.8 Å². The summed E-state index contributed by atoms with van der Waals surface area (Å²) in [5, 5.41) is 10.5. The maximum Gasteiger partial charge on any atom is 0.123 e. The van der Waals surface area contributed by atoms with Crippen molar-refractivity contribution < 1.29 is 9.50 Å². The van der Waals surface area contributed by atoms with Gasteiger partial charge >= 0.3 is 0 Å². The molecule has 1 aliphatic rings. The Morgan fingerprint density at radius 2 is 2.03 bits per heavy atom. The molecule has 0 amide bonds. The van der Waals surface area contributed by atoms with Gasteiger partial charge in [-0.3, -0.25) is 4.90 Å². The number of rotatable bonds is 11. The highest BCUT2D eigenvalue weighted by molar-refractivity contribution is 5.19. The van der Waals surface area contributed by atoms with Gasteiger partial charge in [0.2, 0.25) is 0 Å². The molecule has 1 atom stereocenters. The highest BCUT2D eigenvalue weighted by Gasteiger charge is 2.20. The number of nitrogens with zero attached hydrogens (tertiary/aromatic N) is 2. The molecule has 1 aromatic heterocycles. The molecular formula is C25H35FN2O. The van der Waals surface area contributed by atoms with Gasteiger partial charge in [-0.15, -0.1) is 6.58 Å². The molecule has 0 spiro atoms. The van der Waals surface area contributed by atoms with E-state index in [1.165, 1.54) is 43.9 Å². The van der Waals surface area contributed by atoms with Crippen LogP contribution in [0.25, 0.3) is 0 Å². The van der Waals surface area contributed by atoms with Gasteiger partial charge in [0.15, 0.2) is 0 Å². The van der Waals surface area contributed by atoms with Crippen LogP contribution in [0.3, 0.4) is 0 Å². The predicted octanol–water partition coefficient (Wildman–Crippen LogP) is 5.38. The van der Waals surface area contributed by atoms with E-state index in [1.54, 1.807) is 12.1 Å². The Hall–Kier alpha value is -1.91. The summed E-state index contributed by atoms with van der Waals surface area (Å²) in [5.41, 5.74) is 2.17. The Morgan fingerprint density at radius 3 is 2.79 bits per heavy atom. The normalized spacial score (nSPS) is 16.2. The molecule has 4 heteroatoms. The summed E-state index contributed by atoms with van der Waals surface area (Å²) in [6.07, 6.45) is 11.8. The average molecular weight is 399 g/mol. The van der Waals surface area contributed by atoms with Gasteiger partial charge in [-0.05, 0) is 61.4 Å². The molecule has 1 aromatic carbocycles. The zero-order valence-corrected chi connectivity index (χ0v) is 17.5. The fourth-order valence-corrected chi connectivity index (χ4v) is 4.45. The van der Waals surface area contributed by atoms with Crippen LogP contribution in [0.4, 0.5) is 4.39 Å². The number of aliphatic hydroxyl groups excluding tert-OH is 1. The van der Waals surface area contributed by atoms with Crippen molar-refractivity contribution in [2.75, 3.05) is 13.1 Å². The third kappa shape index (κ3) is 7.13. The first kappa shape index (κ1) is 21.8. The highest BCUT2D eigenvalue weighted by atomic mass is 19.1. The topological polar surface area (TPSA) is 28.4 Å². The summed E-state index contributed by atoms with van der Waals surface area (Å²) >= 11 is 0. The average Bonchev–Trinajstić information content (AvgIpc) is 3.13. The second-order valence-corrected chi connectivity index (χ2v) is 8.48. The largest absolute Gasteiger partial charge is 0.392 e. The van der Waals surface area contributed by atoms with Crippen molar-refractivity contribution in [2.45, 2.75) is 64.1 Å². The summed E-state index contributed by atoms with van der Waals surface area (Å²) in [5.74, 6) is 0.530. The van der Waals surface area contributed by atoms with Gasteiger partial charge in [0.05, 0.1) is 6.10 Å². The van der Waals surface area contributed by atoms with Crippen molar-refractivity contribution in [1.82, 2.24) is 9.47 Å². The van der Waals surface area contributed by atoms with E-state index in [0.29, 0.717) is 13.1 Å². The van der Waals surface area contributed by atoms with Crippen molar-refractivity contribution in [3.8, 4) is 0 Å². The number of allylic oxidation sites excluding steroid dienone is 1. The van der Waals surface area contributed by atoms with Gasteiger partial charge in [-0.1, -0.05) is 37.5 Å². The first-order valence-electron chi connectivity index (χ1n) is 11.0. The Balaban J connectivity index is 1.67. The molecule has 29 heavy (non-hydrogen) atoms. The van der Waals surface area contributed by atoms with Crippen LogP contribution in [-0.2, 0) is 13.1 Å². The van der Waals surface area contributed by atoms with Gasteiger partial charge in [-0.2, -0.15) is 0 Å². The van der Waals surface area contributed by atoms with Crippen LogP contribution >= 0.6 is 0 Å². The zero-order valence-electron chi connectivity index (χ0n) is 17.5. The lowest BCUT2D eigenvalue weighted by molar-refractivity contribution is 0.0864. The van der Waals surface area contributed by atoms with Gasteiger partial charge in [0.1, 0.15) is 5.82 Å². The molecule has 3 rings (SSSR count). The summed E-state index contributed by atoms with van der Waals surface area (Å²) in [7, 11) is 0. The zero-order chi connectivity index (χ0) is 20.5. The summed E-state index contributed by atoms with van der Waals surface area (Å²) in [6.45, 7) is 6.97. The van der Waals surface area contributed by atoms with E-state index in [4.69, 9.17) is 0 Å². The summed E-state index contributed by atoms with van der Waals surface area (Å²) in [4.78, 5) is 2.42. The third-order valence-electron chi connectivity index (χ3n) is 5.97. The molecule has 0 unspecified atom stereocenters. The van der Waals surface area contributed by atoms with E-state index < -0.39 is 0 Å². The minimum atomic E-state index is -0.330. The predicted molar refractivity (Wildman–Crippen MR) is 117 cm³/mol. The van der Waals surface area contributed by atoms with Gasteiger partial charge < -0.3 is 9.67 Å².